The van der Waals surface area contributed by atoms with E-state index in [1.165, 1.54) is 24.8 Å². The van der Waals surface area contributed by atoms with Crippen LogP contribution < -0.4 is 5.32 Å². The van der Waals surface area contributed by atoms with Crippen molar-refractivity contribution in [1.82, 2.24) is 5.32 Å². The van der Waals surface area contributed by atoms with Crippen molar-refractivity contribution in [3.63, 3.8) is 0 Å². The number of rotatable bonds is 9. The highest BCUT2D eigenvalue weighted by molar-refractivity contribution is 5.50. The van der Waals surface area contributed by atoms with Crippen LogP contribution in [0, 0.1) is 0 Å². The van der Waals surface area contributed by atoms with E-state index in [4.69, 9.17) is 5.11 Å². The van der Waals surface area contributed by atoms with Crippen molar-refractivity contribution in [2.45, 2.75) is 44.8 Å². The number of aryl methyl sites for hydroxylation is 1. The third kappa shape index (κ3) is 5.87. The molecule has 0 amide bonds. The summed E-state index contributed by atoms with van der Waals surface area (Å²) in [6.07, 6.45) is 7.81. The summed E-state index contributed by atoms with van der Waals surface area (Å²) in [4.78, 5) is 0. The Morgan fingerprint density at radius 1 is 1.20 bits per heavy atom. The highest BCUT2D eigenvalue weighted by atomic mass is 16.3. The van der Waals surface area contributed by atoms with Crippen LogP contribution in [-0.4, -0.2) is 36.0 Å². The van der Waals surface area contributed by atoms with Crippen molar-refractivity contribution in [2.24, 2.45) is 0 Å². The Hall–Kier alpha value is -1.16. The molecular weight excluding hydrogens is 250 g/mol. The van der Waals surface area contributed by atoms with Gasteiger partial charge in [-0.1, -0.05) is 56.2 Å². The summed E-state index contributed by atoms with van der Waals surface area (Å²) in [5, 5.41) is 21.8. The van der Waals surface area contributed by atoms with Gasteiger partial charge < -0.3 is 15.5 Å². The first-order valence-electron chi connectivity index (χ1n) is 7.44. The number of aliphatic hydroxyl groups excluding tert-OH is 2. The molecule has 0 aliphatic carbocycles. The van der Waals surface area contributed by atoms with Gasteiger partial charge in [-0.15, -0.1) is 0 Å². The molecule has 0 aliphatic heterocycles. The van der Waals surface area contributed by atoms with E-state index in [0.29, 0.717) is 0 Å². The summed E-state index contributed by atoms with van der Waals surface area (Å²) < 4.78 is 0. The molecule has 0 aromatic heterocycles. The number of unbranched alkanes of at least 4 members (excludes halogenated alkanes) is 2. The second kappa shape index (κ2) is 9.70. The van der Waals surface area contributed by atoms with Crippen LogP contribution in [0.15, 0.2) is 30.3 Å². The Morgan fingerprint density at radius 2 is 1.90 bits per heavy atom. The third-order valence-electron chi connectivity index (χ3n) is 3.51. The Balaban J connectivity index is 2.52. The van der Waals surface area contributed by atoms with Gasteiger partial charge in [-0.3, -0.25) is 0 Å². The molecule has 2 atom stereocenters. The number of hydrogen-bond donors (Lipinski definition) is 3. The fourth-order valence-electron chi connectivity index (χ4n) is 2.09. The van der Waals surface area contributed by atoms with Crippen molar-refractivity contribution < 1.29 is 10.2 Å². The molecule has 1 aromatic rings. The smallest absolute Gasteiger partial charge is 0.0899 e. The molecule has 112 valence electrons. The zero-order valence-electron chi connectivity index (χ0n) is 12.5. The molecule has 3 heteroatoms. The van der Waals surface area contributed by atoms with E-state index < -0.39 is 6.10 Å². The molecule has 20 heavy (non-hydrogen) atoms. The summed E-state index contributed by atoms with van der Waals surface area (Å²) in [6, 6.07) is 8.10. The minimum absolute atomic E-state index is 0.0849. The molecule has 0 spiro atoms. The third-order valence-corrected chi connectivity index (χ3v) is 3.51. The average molecular weight is 277 g/mol. The Kier molecular flexibility index (Phi) is 8.19. The average Bonchev–Trinajstić information content (AvgIpc) is 2.48. The molecule has 0 saturated heterocycles. The summed E-state index contributed by atoms with van der Waals surface area (Å²) in [7, 11) is 1.73. The van der Waals surface area contributed by atoms with Crippen molar-refractivity contribution in [3.8, 4) is 0 Å². The van der Waals surface area contributed by atoms with Crippen molar-refractivity contribution >= 4 is 6.08 Å². The second-order valence-electron chi connectivity index (χ2n) is 5.13. The number of nitrogens with one attached hydrogen (secondary N) is 1. The fraction of sp³-hybridized carbons (Fsp3) is 0.529. The first kappa shape index (κ1) is 16.9. The zero-order valence-corrected chi connectivity index (χ0v) is 12.5. The maximum atomic E-state index is 9.86. The quantitative estimate of drug-likeness (QED) is 0.607. The Labute approximate surface area is 122 Å². The van der Waals surface area contributed by atoms with Crippen LogP contribution in [0.25, 0.3) is 6.08 Å². The van der Waals surface area contributed by atoms with E-state index in [0.717, 1.165) is 12.0 Å². The molecule has 0 aliphatic rings. The molecule has 3 N–H and O–H groups in total. The molecule has 0 saturated carbocycles. The molecule has 0 fully saturated rings. The van der Waals surface area contributed by atoms with Crippen LogP contribution in [0.3, 0.4) is 0 Å². The van der Waals surface area contributed by atoms with Gasteiger partial charge in [-0.2, -0.15) is 0 Å². The lowest BCUT2D eigenvalue weighted by Crippen LogP contribution is -2.39. The summed E-state index contributed by atoms with van der Waals surface area (Å²) in [5.41, 5.74) is 2.43. The lowest BCUT2D eigenvalue weighted by Gasteiger charge is -2.16. The van der Waals surface area contributed by atoms with Gasteiger partial charge in [0.25, 0.3) is 0 Å². The monoisotopic (exact) mass is 277 g/mol. The van der Waals surface area contributed by atoms with Gasteiger partial charge >= 0.3 is 0 Å². The van der Waals surface area contributed by atoms with Crippen molar-refractivity contribution in [2.75, 3.05) is 13.7 Å². The first-order chi connectivity index (χ1) is 9.71. The summed E-state index contributed by atoms with van der Waals surface area (Å²) in [5.74, 6) is 0. The van der Waals surface area contributed by atoms with E-state index in [1.54, 1.807) is 13.1 Å². The minimum Gasteiger partial charge on any atom is -0.395 e. The summed E-state index contributed by atoms with van der Waals surface area (Å²) >= 11 is 0. The molecule has 1 rings (SSSR count). The lowest BCUT2D eigenvalue weighted by atomic mass is 10.0. The van der Waals surface area contributed by atoms with Gasteiger partial charge in [0, 0.05) is 0 Å². The van der Waals surface area contributed by atoms with Crippen molar-refractivity contribution in [1.29, 1.82) is 0 Å². The maximum absolute atomic E-state index is 9.86. The van der Waals surface area contributed by atoms with Crippen LogP contribution in [0.1, 0.15) is 37.3 Å². The lowest BCUT2D eigenvalue weighted by molar-refractivity contribution is 0.128. The zero-order chi connectivity index (χ0) is 14.8. The van der Waals surface area contributed by atoms with Crippen LogP contribution in [0.2, 0.25) is 0 Å². The Bertz CT molecular complexity index is 382. The van der Waals surface area contributed by atoms with Gasteiger partial charge in [0.15, 0.2) is 0 Å². The predicted octanol–water partition coefficient (Wildman–Crippen LogP) is 2.37. The molecule has 0 heterocycles. The van der Waals surface area contributed by atoms with Gasteiger partial charge in [0.1, 0.15) is 0 Å². The van der Waals surface area contributed by atoms with Gasteiger partial charge in [-0.25, -0.2) is 0 Å². The molecule has 0 radical (unpaired) electrons. The molecular formula is C17H27NO2. The number of benzene rings is 1. The highest BCUT2D eigenvalue weighted by Gasteiger charge is 2.12. The van der Waals surface area contributed by atoms with Crippen molar-refractivity contribution in [3.05, 3.63) is 41.5 Å². The number of aliphatic hydroxyl groups is 2. The first-order valence-corrected chi connectivity index (χ1v) is 7.44. The Morgan fingerprint density at radius 3 is 2.45 bits per heavy atom. The van der Waals surface area contributed by atoms with Crippen LogP contribution in [0.4, 0.5) is 0 Å². The number of likely N-dealkylation sites (N-methyl/N-ethyl adjacent to an activating group) is 1. The van der Waals surface area contributed by atoms with E-state index in [-0.39, 0.29) is 12.6 Å². The SMILES string of the molecule is CCCCCc1ccc(/C=C/[C@H](O)[C@@H](CO)NC)cc1. The van der Waals surface area contributed by atoms with E-state index >= 15 is 0 Å². The fourth-order valence-corrected chi connectivity index (χ4v) is 2.09. The van der Waals surface area contributed by atoms with E-state index in [2.05, 4.69) is 36.5 Å². The molecule has 3 nitrogen and oxygen atoms in total. The minimum atomic E-state index is -0.686. The molecule has 0 unspecified atom stereocenters. The maximum Gasteiger partial charge on any atom is 0.0899 e. The number of hydrogen-bond acceptors (Lipinski definition) is 3. The van der Waals surface area contributed by atoms with Gasteiger partial charge in [-0.05, 0) is 31.0 Å². The topological polar surface area (TPSA) is 52.5 Å². The molecule has 0 bridgehead atoms. The standard InChI is InChI=1S/C17H27NO2/c1-3-4-5-6-14-7-9-15(10-8-14)11-12-17(20)16(13-19)18-2/h7-12,16-20H,3-6,13H2,1-2H3/b12-11+/t16-,17+/m1/s1. The van der Waals surface area contributed by atoms with Gasteiger partial charge in [0.05, 0.1) is 18.8 Å². The van der Waals surface area contributed by atoms with E-state index in [1.807, 2.05) is 6.08 Å². The second-order valence-corrected chi connectivity index (χ2v) is 5.13. The van der Waals surface area contributed by atoms with Crippen LogP contribution >= 0.6 is 0 Å². The van der Waals surface area contributed by atoms with Crippen LogP contribution in [0.5, 0.6) is 0 Å². The largest absolute Gasteiger partial charge is 0.395 e. The summed E-state index contributed by atoms with van der Waals surface area (Å²) in [6.45, 7) is 2.13. The van der Waals surface area contributed by atoms with Crippen LogP contribution in [-0.2, 0) is 6.42 Å². The molecule has 1 aromatic carbocycles. The normalized spacial score (nSPS) is 14.6. The van der Waals surface area contributed by atoms with Gasteiger partial charge in [0.2, 0.25) is 0 Å². The predicted molar refractivity (Wildman–Crippen MR) is 84.6 cm³/mol. The van der Waals surface area contributed by atoms with E-state index in [9.17, 15) is 5.11 Å². The highest BCUT2D eigenvalue weighted by Crippen LogP contribution is 2.10.